The normalized spacial score (nSPS) is 17.0. The van der Waals surface area contributed by atoms with Gasteiger partial charge < -0.3 is 4.90 Å². The van der Waals surface area contributed by atoms with Crippen LogP contribution < -0.4 is 4.72 Å². The van der Waals surface area contributed by atoms with Crippen molar-refractivity contribution >= 4 is 15.9 Å². The molecule has 1 aliphatic rings. The summed E-state index contributed by atoms with van der Waals surface area (Å²) in [5.41, 5.74) is 1.05. The summed E-state index contributed by atoms with van der Waals surface area (Å²) in [4.78, 5) is 14.0. The van der Waals surface area contributed by atoms with Gasteiger partial charge in [-0.3, -0.25) is 4.79 Å². The number of amides is 1. The Morgan fingerprint density at radius 3 is 2.32 bits per heavy atom. The highest BCUT2D eigenvalue weighted by Gasteiger charge is 2.38. The van der Waals surface area contributed by atoms with E-state index in [9.17, 15) is 13.2 Å². The molecule has 0 atom stereocenters. The van der Waals surface area contributed by atoms with Crippen LogP contribution in [0.3, 0.4) is 0 Å². The van der Waals surface area contributed by atoms with E-state index in [1.165, 1.54) is 0 Å². The van der Waals surface area contributed by atoms with Crippen LogP contribution >= 0.6 is 0 Å². The number of rotatable bonds is 5. The van der Waals surface area contributed by atoms with Crippen molar-refractivity contribution in [3.8, 4) is 11.1 Å². The molecule has 6 heteroatoms. The molecule has 2 aromatic carbocycles. The van der Waals surface area contributed by atoms with Crippen LogP contribution in [0.2, 0.25) is 0 Å². The van der Waals surface area contributed by atoms with Gasteiger partial charge >= 0.3 is 0 Å². The molecule has 1 fully saturated rings. The molecule has 1 aliphatic heterocycles. The third-order valence-electron chi connectivity index (χ3n) is 4.58. The van der Waals surface area contributed by atoms with E-state index in [1.807, 2.05) is 50.2 Å². The molecule has 1 amide bonds. The predicted molar refractivity (Wildman–Crippen MR) is 97.2 cm³/mol. The Balaban J connectivity index is 1.83. The first-order chi connectivity index (χ1) is 11.8. The summed E-state index contributed by atoms with van der Waals surface area (Å²) in [6.45, 7) is 4.32. The molecule has 0 aromatic heterocycles. The van der Waals surface area contributed by atoms with Crippen LogP contribution in [0.15, 0.2) is 59.5 Å². The molecule has 0 spiro atoms. The molecule has 1 N–H and O–H groups in total. The number of nitrogens with one attached hydrogen (secondary N) is 1. The van der Waals surface area contributed by atoms with E-state index in [0.29, 0.717) is 12.1 Å². The molecule has 5 nitrogen and oxygen atoms in total. The lowest BCUT2D eigenvalue weighted by Crippen LogP contribution is -2.40. The zero-order chi connectivity index (χ0) is 18.1. The first kappa shape index (κ1) is 17.6. The van der Waals surface area contributed by atoms with E-state index in [2.05, 4.69) is 4.72 Å². The average molecular weight is 358 g/mol. The van der Waals surface area contributed by atoms with Gasteiger partial charge in [0.05, 0.1) is 11.6 Å². The monoisotopic (exact) mass is 358 g/mol. The third-order valence-corrected chi connectivity index (χ3v) is 6.02. The average Bonchev–Trinajstić information content (AvgIpc) is 2.87. The Morgan fingerprint density at radius 2 is 1.68 bits per heavy atom. The van der Waals surface area contributed by atoms with Crippen molar-refractivity contribution < 1.29 is 13.2 Å². The fourth-order valence-corrected chi connectivity index (χ4v) is 4.21. The van der Waals surface area contributed by atoms with E-state index in [0.717, 1.165) is 12.0 Å². The van der Waals surface area contributed by atoms with Gasteiger partial charge in [-0.05, 0) is 18.1 Å². The Bertz CT molecular complexity index is 877. The fraction of sp³-hybridized carbons (Fsp3) is 0.316. The van der Waals surface area contributed by atoms with Crippen molar-refractivity contribution in [1.82, 2.24) is 9.62 Å². The summed E-state index contributed by atoms with van der Waals surface area (Å²) < 4.78 is 28.2. The molecule has 0 aliphatic carbocycles. The number of nitrogens with zero attached hydrogens (tertiary/aromatic N) is 1. The molecule has 0 unspecified atom stereocenters. The number of hydrogen-bond donors (Lipinski definition) is 1. The summed E-state index contributed by atoms with van der Waals surface area (Å²) in [7, 11) is -3.73. The maximum atomic E-state index is 12.8. The lowest BCUT2D eigenvalue weighted by molar-refractivity contribution is -0.134. The molecular weight excluding hydrogens is 336 g/mol. The predicted octanol–water partition coefficient (Wildman–Crippen LogP) is 2.85. The first-order valence-electron chi connectivity index (χ1n) is 8.25. The van der Waals surface area contributed by atoms with Crippen LogP contribution in [0.25, 0.3) is 11.1 Å². The van der Waals surface area contributed by atoms with Crippen LogP contribution in [0.1, 0.15) is 20.3 Å². The summed E-state index contributed by atoms with van der Waals surface area (Å²) in [5, 5.41) is 0. The van der Waals surface area contributed by atoms with Crippen molar-refractivity contribution in [3.05, 3.63) is 54.6 Å². The first-order valence-corrected chi connectivity index (χ1v) is 9.73. The maximum absolute atomic E-state index is 12.8. The zero-order valence-electron chi connectivity index (χ0n) is 14.4. The smallest absolute Gasteiger partial charge is 0.242 e. The van der Waals surface area contributed by atoms with Crippen molar-refractivity contribution in [3.63, 3.8) is 0 Å². The number of carbonyl (C=O) groups excluding carboxylic acids is 1. The Labute approximate surface area is 148 Å². The van der Waals surface area contributed by atoms with Gasteiger partial charge in [0.2, 0.25) is 15.9 Å². The van der Waals surface area contributed by atoms with Crippen molar-refractivity contribution in [2.75, 3.05) is 13.2 Å². The molecule has 132 valence electrons. The lowest BCUT2D eigenvalue weighted by Gasteiger charge is -2.20. The van der Waals surface area contributed by atoms with Crippen LogP contribution in [-0.2, 0) is 14.8 Å². The summed E-state index contributed by atoms with van der Waals surface area (Å²) in [5.74, 6) is -0.0217. The second-order valence-electron chi connectivity index (χ2n) is 6.87. The standard InChI is InChI=1S/C19H22N2O3S/c1-19(2)12-13-21(18(19)22)14-20-25(23,24)17-11-7-6-10-16(17)15-8-4-3-5-9-15/h3-11,20H,12-14H2,1-2H3. The Morgan fingerprint density at radius 1 is 1.04 bits per heavy atom. The number of carbonyl (C=O) groups is 1. The molecule has 0 bridgehead atoms. The minimum Gasteiger partial charge on any atom is -0.328 e. The number of benzene rings is 2. The second kappa shape index (κ2) is 6.61. The number of hydrogen-bond acceptors (Lipinski definition) is 3. The molecule has 25 heavy (non-hydrogen) atoms. The van der Waals surface area contributed by atoms with E-state index < -0.39 is 15.4 Å². The summed E-state index contributed by atoms with van der Waals surface area (Å²) in [6, 6.07) is 16.3. The molecule has 0 saturated carbocycles. The van der Waals surface area contributed by atoms with Crippen molar-refractivity contribution in [2.24, 2.45) is 5.41 Å². The van der Waals surface area contributed by atoms with Gasteiger partial charge in [-0.1, -0.05) is 62.4 Å². The lowest BCUT2D eigenvalue weighted by atomic mass is 9.92. The summed E-state index contributed by atoms with van der Waals surface area (Å²) >= 11 is 0. The van der Waals surface area contributed by atoms with E-state index in [4.69, 9.17) is 0 Å². The Hall–Kier alpha value is -2.18. The molecule has 0 radical (unpaired) electrons. The largest absolute Gasteiger partial charge is 0.328 e. The van der Waals surface area contributed by atoms with E-state index >= 15 is 0 Å². The number of sulfonamides is 1. The van der Waals surface area contributed by atoms with Crippen LogP contribution in [-0.4, -0.2) is 32.4 Å². The van der Waals surface area contributed by atoms with E-state index in [1.54, 1.807) is 23.1 Å². The molecular formula is C19H22N2O3S. The zero-order valence-corrected chi connectivity index (χ0v) is 15.2. The van der Waals surface area contributed by atoms with Crippen LogP contribution in [0, 0.1) is 5.41 Å². The van der Waals surface area contributed by atoms with Gasteiger partial charge in [0.1, 0.15) is 0 Å². The summed E-state index contributed by atoms with van der Waals surface area (Å²) in [6.07, 6.45) is 0.730. The van der Waals surface area contributed by atoms with Crippen molar-refractivity contribution in [2.45, 2.75) is 25.2 Å². The van der Waals surface area contributed by atoms with Gasteiger partial charge in [-0.15, -0.1) is 0 Å². The SMILES string of the molecule is CC1(C)CCN(CNS(=O)(=O)c2ccccc2-c2ccccc2)C1=O. The maximum Gasteiger partial charge on any atom is 0.242 e. The van der Waals surface area contributed by atoms with Gasteiger partial charge in [0.15, 0.2) is 0 Å². The highest BCUT2D eigenvalue weighted by Crippen LogP contribution is 2.30. The van der Waals surface area contributed by atoms with Gasteiger partial charge in [0, 0.05) is 17.5 Å². The highest BCUT2D eigenvalue weighted by atomic mass is 32.2. The van der Waals surface area contributed by atoms with Gasteiger partial charge in [-0.25, -0.2) is 8.42 Å². The van der Waals surface area contributed by atoms with Gasteiger partial charge in [0.25, 0.3) is 0 Å². The minimum atomic E-state index is -3.73. The topological polar surface area (TPSA) is 66.5 Å². The van der Waals surface area contributed by atoms with Gasteiger partial charge in [-0.2, -0.15) is 4.72 Å². The van der Waals surface area contributed by atoms with Crippen LogP contribution in [0.4, 0.5) is 0 Å². The minimum absolute atomic E-state index is 0.00623. The number of likely N-dealkylation sites (tertiary alicyclic amines) is 1. The van der Waals surface area contributed by atoms with Crippen LogP contribution in [0.5, 0.6) is 0 Å². The molecule has 3 rings (SSSR count). The quantitative estimate of drug-likeness (QED) is 0.894. The second-order valence-corrected chi connectivity index (χ2v) is 8.61. The Kier molecular flexibility index (Phi) is 4.67. The third kappa shape index (κ3) is 3.60. The molecule has 1 saturated heterocycles. The fourth-order valence-electron chi connectivity index (χ4n) is 3.00. The molecule has 2 aromatic rings. The van der Waals surface area contributed by atoms with E-state index in [-0.39, 0.29) is 17.5 Å². The highest BCUT2D eigenvalue weighted by molar-refractivity contribution is 7.89. The van der Waals surface area contributed by atoms with Crippen molar-refractivity contribution in [1.29, 1.82) is 0 Å². The molecule has 1 heterocycles.